The Bertz CT molecular complexity index is 493. The lowest BCUT2D eigenvalue weighted by Gasteiger charge is -2.15. The van der Waals surface area contributed by atoms with Crippen LogP contribution in [0.1, 0.15) is 15.9 Å². The zero-order chi connectivity index (χ0) is 12.3. The van der Waals surface area contributed by atoms with E-state index >= 15 is 0 Å². The van der Waals surface area contributed by atoms with Gasteiger partial charge in [0.15, 0.2) is 0 Å². The number of aromatic carboxylic acids is 1. The first-order valence-electron chi connectivity index (χ1n) is 4.94. The molecule has 2 aromatic rings. The summed E-state index contributed by atoms with van der Waals surface area (Å²) in [5.41, 5.74) is 1.07. The lowest BCUT2D eigenvalue weighted by Crippen LogP contribution is -2.19. The maximum Gasteiger partial charge on any atom is 0.338 e. The summed E-state index contributed by atoms with van der Waals surface area (Å²) in [7, 11) is 1.82. The van der Waals surface area contributed by atoms with Crippen molar-refractivity contribution in [3.05, 3.63) is 42.1 Å². The van der Waals surface area contributed by atoms with Crippen LogP contribution < -0.4 is 4.90 Å². The van der Waals surface area contributed by atoms with Crippen molar-refractivity contribution in [2.24, 2.45) is 0 Å². The molecule has 88 valence electrons. The Balaban J connectivity index is 2.09. The molecule has 2 aromatic heterocycles. The van der Waals surface area contributed by atoms with Crippen molar-refractivity contribution in [3.63, 3.8) is 0 Å². The highest BCUT2D eigenvalue weighted by atomic mass is 16.4. The molecule has 1 N–H and O–H groups in total. The van der Waals surface area contributed by atoms with Crippen molar-refractivity contribution in [1.29, 1.82) is 0 Å². The predicted octanol–water partition coefficient (Wildman–Crippen LogP) is 1.40. The van der Waals surface area contributed by atoms with Crippen LogP contribution in [0.2, 0.25) is 0 Å². The zero-order valence-corrected chi connectivity index (χ0v) is 9.20. The Morgan fingerprint density at radius 1 is 1.47 bits per heavy atom. The van der Waals surface area contributed by atoms with Crippen LogP contribution in [-0.2, 0) is 6.54 Å². The Labute approximate surface area is 97.5 Å². The number of hydrogen-bond donors (Lipinski definition) is 1. The minimum absolute atomic E-state index is 0.0745. The van der Waals surface area contributed by atoms with Crippen molar-refractivity contribution in [3.8, 4) is 0 Å². The molecular formula is C11H11N3O3. The number of carboxylic acids is 1. The van der Waals surface area contributed by atoms with Crippen LogP contribution in [0.25, 0.3) is 0 Å². The molecule has 0 bridgehead atoms. The Morgan fingerprint density at radius 2 is 2.18 bits per heavy atom. The molecule has 0 aliphatic rings. The first kappa shape index (κ1) is 11.1. The molecule has 6 heteroatoms. The third-order valence-electron chi connectivity index (χ3n) is 2.23. The van der Waals surface area contributed by atoms with Gasteiger partial charge in [0.25, 0.3) is 0 Å². The predicted molar refractivity (Wildman–Crippen MR) is 59.8 cm³/mol. The van der Waals surface area contributed by atoms with Gasteiger partial charge >= 0.3 is 5.97 Å². The van der Waals surface area contributed by atoms with Crippen LogP contribution in [-0.4, -0.2) is 28.1 Å². The second-order valence-corrected chi connectivity index (χ2v) is 3.56. The molecule has 0 unspecified atom stereocenters. The molecule has 0 saturated heterocycles. The Kier molecular flexibility index (Phi) is 3.04. The van der Waals surface area contributed by atoms with Crippen LogP contribution in [0.15, 0.2) is 35.4 Å². The Morgan fingerprint density at radius 3 is 2.71 bits per heavy atom. The van der Waals surface area contributed by atoms with Crippen molar-refractivity contribution in [1.82, 2.24) is 9.97 Å². The monoisotopic (exact) mass is 233 g/mol. The molecule has 0 saturated carbocycles. The summed E-state index contributed by atoms with van der Waals surface area (Å²) < 4.78 is 4.96. The molecule has 0 aromatic carbocycles. The third kappa shape index (κ3) is 2.60. The van der Waals surface area contributed by atoms with Gasteiger partial charge in [-0.1, -0.05) is 0 Å². The van der Waals surface area contributed by atoms with Gasteiger partial charge in [0.05, 0.1) is 18.1 Å². The standard InChI is InChI=1S/C11H11N3O3/c1-14(6-8-2-3-17-7-8)11-12-4-9(5-13-11)10(15)16/h2-5,7H,6H2,1H3,(H,15,16). The molecule has 0 amide bonds. The average molecular weight is 233 g/mol. The number of carboxylic acid groups (broad SMARTS) is 1. The molecular weight excluding hydrogens is 222 g/mol. The van der Waals surface area contributed by atoms with Crippen LogP contribution in [0.5, 0.6) is 0 Å². The van der Waals surface area contributed by atoms with Crippen molar-refractivity contribution >= 4 is 11.9 Å². The fourth-order valence-corrected chi connectivity index (χ4v) is 1.36. The van der Waals surface area contributed by atoms with E-state index in [9.17, 15) is 4.79 Å². The summed E-state index contributed by atoms with van der Waals surface area (Å²) in [5, 5.41) is 8.72. The van der Waals surface area contributed by atoms with Gasteiger partial charge < -0.3 is 14.4 Å². The number of anilines is 1. The van der Waals surface area contributed by atoms with Crippen molar-refractivity contribution in [2.45, 2.75) is 6.54 Å². The molecule has 2 rings (SSSR count). The van der Waals surface area contributed by atoms with Gasteiger partial charge in [-0.3, -0.25) is 0 Å². The number of nitrogens with zero attached hydrogens (tertiary/aromatic N) is 3. The van der Waals surface area contributed by atoms with E-state index in [1.807, 2.05) is 13.1 Å². The van der Waals surface area contributed by atoms with Gasteiger partial charge in [-0.25, -0.2) is 14.8 Å². The van der Waals surface area contributed by atoms with Gasteiger partial charge in [0.2, 0.25) is 5.95 Å². The van der Waals surface area contributed by atoms with Gasteiger partial charge in [0, 0.05) is 31.5 Å². The molecule has 0 aliphatic heterocycles. The molecule has 0 radical (unpaired) electrons. The second kappa shape index (κ2) is 4.65. The summed E-state index contributed by atoms with van der Waals surface area (Å²) in [6.45, 7) is 0.600. The molecule has 0 atom stereocenters. The lowest BCUT2D eigenvalue weighted by atomic mass is 10.3. The van der Waals surface area contributed by atoms with E-state index in [1.54, 1.807) is 17.4 Å². The average Bonchev–Trinajstić information content (AvgIpc) is 2.82. The minimum atomic E-state index is -1.03. The number of rotatable bonds is 4. The quantitative estimate of drug-likeness (QED) is 0.859. The zero-order valence-electron chi connectivity index (χ0n) is 9.20. The molecule has 17 heavy (non-hydrogen) atoms. The Hall–Kier alpha value is -2.37. The van der Waals surface area contributed by atoms with Gasteiger partial charge in [-0.05, 0) is 6.07 Å². The van der Waals surface area contributed by atoms with E-state index in [4.69, 9.17) is 9.52 Å². The lowest BCUT2D eigenvalue weighted by molar-refractivity contribution is 0.0696. The normalized spacial score (nSPS) is 10.2. The molecule has 6 nitrogen and oxygen atoms in total. The highest BCUT2D eigenvalue weighted by molar-refractivity contribution is 5.86. The largest absolute Gasteiger partial charge is 0.478 e. The summed E-state index contributed by atoms with van der Waals surface area (Å²) in [4.78, 5) is 20.4. The molecule has 0 fully saturated rings. The number of carbonyl (C=O) groups is 1. The SMILES string of the molecule is CN(Cc1ccoc1)c1ncc(C(=O)O)cn1. The number of hydrogen-bond acceptors (Lipinski definition) is 5. The summed E-state index contributed by atoms with van der Waals surface area (Å²) in [6.07, 6.45) is 5.81. The first-order valence-corrected chi connectivity index (χ1v) is 4.94. The van der Waals surface area contributed by atoms with Crippen LogP contribution in [0, 0.1) is 0 Å². The minimum Gasteiger partial charge on any atom is -0.478 e. The number of furan rings is 1. The highest BCUT2D eigenvalue weighted by Gasteiger charge is 2.08. The van der Waals surface area contributed by atoms with Crippen LogP contribution >= 0.6 is 0 Å². The van der Waals surface area contributed by atoms with Gasteiger partial charge in [-0.2, -0.15) is 0 Å². The van der Waals surface area contributed by atoms with Gasteiger partial charge in [0.1, 0.15) is 0 Å². The molecule has 0 spiro atoms. The fourth-order valence-electron chi connectivity index (χ4n) is 1.36. The van der Waals surface area contributed by atoms with E-state index in [0.717, 1.165) is 5.56 Å². The first-order chi connectivity index (χ1) is 8.16. The summed E-state index contributed by atoms with van der Waals surface area (Å²) in [5.74, 6) is -0.565. The van der Waals surface area contributed by atoms with E-state index in [-0.39, 0.29) is 5.56 Å². The molecule has 0 aliphatic carbocycles. The van der Waals surface area contributed by atoms with Crippen LogP contribution in [0.4, 0.5) is 5.95 Å². The van der Waals surface area contributed by atoms with E-state index in [0.29, 0.717) is 12.5 Å². The molecule has 2 heterocycles. The van der Waals surface area contributed by atoms with E-state index < -0.39 is 5.97 Å². The van der Waals surface area contributed by atoms with Crippen molar-refractivity contribution < 1.29 is 14.3 Å². The van der Waals surface area contributed by atoms with Crippen LogP contribution in [0.3, 0.4) is 0 Å². The van der Waals surface area contributed by atoms with Crippen molar-refractivity contribution in [2.75, 3.05) is 11.9 Å². The third-order valence-corrected chi connectivity index (χ3v) is 2.23. The smallest absolute Gasteiger partial charge is 0.338 e. The topological polar surface area (TPSA) is 79.5 Å². The summed E-state index contributed by atoms with van der Waals surface area (Å²) in [6, 6.07) is 1.85. The van der Waals surface area contributed by atoms with Gasteiger partial charge in [-0.15, -0.1) is 0 Å². The second-order valence-electron chi connectivity index (χ2n) is 3.56. The summed E-state index contributed by atoms with van der Waals surface area (Å²) >= 11 is 0. The maximum absolute atomic E-state index is 10.6. The van der Waals surface area contributed by atoms with E-state index in [2.05, 4.69) is 9.97 Å². The maximum atomic E-state index is 10.6. The fraction of sp³-hybridized carbons (Fsp3) is 0.182. The van der Waals surface area contributed by atoms with E-state index in [1.165, 1.54) is 12.4 Å². The highest BCUT2D eigenvalue weighted by Crippen LogP contribution is 2.10. The number of aromatic nitrogens is 2.